The molecular weight excluding hydrogens is 198 g/mol. The van der Waals surface area contributed by atoms with Gasteiger partial charge in [-0.1, -0.05) is 29.8 Å². The molecule has 0 spiro atoms. The van der Waals surface area contributed by atoms with Crippen molar-refractivity contribution in [2.45, 2.75) is 6.92 Å². The van der Waals surface area contributed by atoms with Crippen molar-refractivity contribution in [2.75, 3.05) is 25.1 Å². The first-order chi connectivity index (χ1) is 7.70. The summed E-state index contributed by atoms with van der Waals surface area (Å²) in [5, 5.41) is 11.4. The fourth-order valence-electron chi connectivity index (χ4n) is 1.87. The average molecular weight is 215 g/mol. The average Bonchev–Trinajstić information content (AvgIpc) is 2.28. The highest BCUT2D eigenvalue weighted by molar-refractivity contribution is 5.86. The van der Waals surface area contributed by atoms with E-state index in [0.717, 1.165) is 5.69 Å². The molecule has 0 heterocycles. The number of aryl methyl sites for hydroxylation is 1. The van der Waals surface area contributed by atoms with E-state index >= 15 is 0 Å². The maximum absolute atomic E-state index is 8.91. The van der Waals surface area contributed by atoms with Crippen LogP contribution in [-0.2, 0) is 0 Å². The minimum absolute atomic E-state index is 0.183. The van der Waals surface area contributed by atoms with Gasteiger partial charge in [0.25, 0.3) is 0 Å². The lowest BCUT2D eigenvalue weighted by atomic mass is 10.1. The summed E-state index contributed by atoms with van der Waals surface area (Å²) in [6.07, 6.45) is 0. The Bertz CT molecular complexity index is 493. The minimum atomic E-state index is 0.183. The van der Waals surface area contributed by atoms with E-state index in [1.165, 1.54) is 16.3 Å². The number of rotatable bonds is 3. The van der Waals surface area contributed by atoms with Crippen molar-refractivity contribution in [3.05, 3.63) is 42.0 Å². The SMILES string of the molecule is Cc1ccc2cc(N(C)CCO)ccc2c1. The van der Waals surface area contributed by atoms with Gasteiger partial charge >= 0.3 is 0 Å². The number of hydrogen-bond acceptors (Lipinski definition) is 2. The van der Waals surface area contributed by atoms with E-state index in [-0.39, 0.29) is 6.61 Å². The number of aliphatic hydroxyl groups excluding tert-OH is 1. The molecule has 2 rings (SSSR count). The molecule has 84 valence electrons. The van der Waals surface area contributed by atoms with Crippen molar-refractivity contribution in [2.24, 2.45) is 0 Å². The van der Waals surface area contributed by atoms with Crippen molar-refractivity contribution in [3.63, 3.8) is 0 Å². The summed E-state index contributed by atoms with van der Waals surface area (Å²) in [7, 11) is 1.99. The second-order valence-corrected chi connectivity index (χ2v) is 4.18. The molecule has 0 atom stereocenters. The van der Waals surface area contributed by atoms with E-state index in [1.807, 2.05) is 7.05 Å². The Hall–Kier alpha value is -1.54. The largest absolute Gasteiger partial charge is 0.395 e. The minimum Gasteiger partial charge on any atom is -0.395 e. The Morgan fingerprint density at radius 3 is 2.50 bits per heavy atom. The monoisotopic (exact) mass is 215 g/mol. The third kappa shape index (κ3) is 2.17. The topological polar surface area (TPSA) is 23.5 Å². The highest BCUT2D eigenvalue weighted by Crippen LogP contribution is 2.22. The summed E-state index contributed by atoms with van der Waals surface area (Å²) in [5.41, 5.74) is 2.43. The maximum atomic E-state index is 8.91. The summed E-state index contributed by atoms with van der Waals surface area (Å²) in [6, 6.07) is 12.8. The molecule has 16 heavy (non-hydrogen) atoms. The summed E-state index contributed by atoms with van der Waals surface area (Å²) < 4.78 is 0. The van der Waals surface area contributed by atoms with E-state index in [1.54, 1.807) is 0 Å². The zero-order valence-electron chi connectivity index (χ0n) is 9.77. The quantitative estimate of drug-likeness (QED) is 0.850. The number of aliphatic hydroxyl groups is 1. The number of anilines is 1. The van der Waals surface area contributed by atoms with Crippen LogP contribution in [0.5, 0.6) is 0 Å². The van der Waals surface area contributed by atoms with Gasteiger partial charge in [-0.3, -0.25) is 0 Å². The van der Waals surface area contributed by atoms with Crippen LogP contribution in [0.2, 0.25) is 0 Å². The molecule has 2 aromatic carbocycles. The van der Waals surface area contributed by atoms with Gasteiger partial charge in [-0.05, 0) is 29.8 Å². The normalized spacial score (nSPS) is 10.7. The second kappa shape index (κ2) is 4.54. The Morgan fingerprint density at radius 2 is 1.75 bits per heavy atom. The summed E-state index contributed by atoms with van der Waals surface area (Å²) in [6.45, 7) is 2.95. The van der Waals surface area contributed by atoms with Gasteiger partial charge in [-0.25, -0.2) is 0 Å². The Labute approximate surface area is 96.1 Å². The lowest BCUT2D eigenvalue weighted by Crippen LogP contribution is -2.20. The van der Waals surface area contributed by atoms with Gasteiger partial charge in [-0.2, -0.15) is 0 Å². The van der Waals surface area contributed by atoms with Gasteiger partial charge in [0.2, 0.25) is 0 Å². The first-order valence-corrected chi connectivity index (χ1v) is 5.53. The van der Waals surface area contributed by atoms with E-state index < -0.39 is 0 Å². The molecule has 2 nitrogen and oxygen atoms in total. The van der Waals surface area contributed by atoms with Crippen LogP contribution in [0, 0.1) is 6.92 Å². The molecule has 0 unspecified atom stereocenters. The van der Waals surface area contributed by atoms with Crippen molar-refractivity contribution in [1.29, 1.82) is 0 Å². The molecule has 0 bridgehead atoms. The Kier molecular flexibility index (Phi) is 3.11. The fraction of sp³-hybridized carbons (Fsp3) is 0.286. The van der Waals surface area contributed by atoms with Crippen LogP contribution in [0.4, 0.5) is 5.69 Å². The van der Waals surface area contributed by atoms with Crippen LogP contribution >= 0.6 is 0 Å². The molecule has 0 aliphatic carbocycles. The van der Waals surface area contributed by atoms with E-state index in [2.05, 4.69) is 48.2 Å². The zero-order valence-corrected chi connectivity index (χ0v) is 9.77. The van der Waals surface area contributed by atoms with Crippen molar-refractivity contribution >= 4 is 16.5 Å². The van der Waals surface area contributed by atoms with Gasteiger partial charge in [0.1, 0.15) is 0 Å². The molecular formula is C14H17NO. The second-order valence-electron chi connectivity index (χ2n) is 4.18. The number of benzene rings is 2. The molecule has 0 saturated carbocycles. The predicted octanol–water partition coefficient (Wildman–Crippen LogP) is 2.58. The predicted molar refractivity (Wildman–Crippen MR) is 69.0 cm³/mol. The van der Waals surface area contributed by atoms with E-state index in [0.29, 0.717) is 6.54 Å². The molecule has 0 saturated heterocycles. The van der Waals surface area contributed by atoms with E-state index in [4.69, 9.17) is 5.11 Å². The lowest BCUT2D eigenvalue weighted by molar-refractivity contribution is 0.304. The Morgan fingerprint density at radius 1 is 1.06 bits per heavy atom. The van der Waals surface area contributed by atoms with Gasteiger partial charge in [0.15, 0.2) is 0 Å². The highest BCUT2D eigenvalue weighted by atomic mass is 16.3. The van der Waals surface area contributed by atoms with Crippen LogP contribution in [0.15, 0.2) is 36.4 Å². The zero-order chi connectivity index (χ0) is 11.5. The van der Waals surface area contributed by atoms with Gasteiger partial charge in [0.05, 0.1) is 6.61 Å². The first kappa shape index (κ1) is 11.0. The van der Waals surface area contributed by atoms with Crippen molar-refractivity contribution in [3.8, 4) is 0 Å². The highest BCUT2D eigenvalue weighted by Gasteiger charge is 2.01. The number of hydrogen-bond donors (Lipinski definition) is 1. The number of nitrogens with zero attached hydrogens (tertiary/aromatic N) is 1. The lowest BCUT2D eigenvalue weighted by Gasteiger charge is -2.18. The number of likely N-dealkylation sites (N-methyl/N-ethyl adjacent to an activating group) is 1. The van der Waals surface area contributed by atoms with Gasteiger partial charge < -0.3 is 10.0 Å². The molecule has 0 fully saturated rings. The van der Waals surface area contributed by atoms with Crippen LogP contribution in [0.25, 0.3) is 10.8 Å². The molecule has 0 radical (unpaired) electrons. The first-order valence-electron chi connectivity index (χ1n) is 5.53. The van der Waals surface area contributed by atoms with Crippen LogP contribution in [0.1, 0.15) is 5.56 Å². The molecule has 0 amide bonds. The summed E-state index contributed by atoms with van der Waals surface area (Å²) in [4.78, 5) is 2.05. The smallest absolute Gasteiger partial charge is 0.0606 e. The standard InChI is InChI=1S/C14H17NO/c1-11-3-4-13-10-14(15(2)7-8-16)6-5-12(13)9-11/h3-6,9-10,16H,7-8H2,1-2H3. The van der Waals surface area contributed by atoms with Gasteiger partial charge in [-0.15, -0.1) is 0 Å². The fourth-order valence-corrected chi connectivity index (χ4v) is 1.87. The summed E-state index contributed by atoms with van der Waals surface area (Å²) >= 11 is 0. The van der Waals surface area contributed by atoms with Crippen LogP contribution < -0.4 is 4.90 Å². The van der Waals surface area contributed by atoms with Crippen molar-refractivity contribution < 1.29 is 5.11 Å². The molecule has 1 N–H and O–H groups in total. The Balaban J connectivity index is 2.40. The molecule has 0 aromatic heterocycles. The van der Waals surface area contributed by atoms with Crippen LogP contribution in [0.3, 0.4) is 0 Å². The van der Waals surface area contributed by atoms with Gasteiger partial charge in [0, 0.05) is 19.3 Å². The molecule has 0 aliphatic rings. The maximum Gasteiger partial charge on any atom is 0.0606 e. The third-order valence-corrected chi connectivity index (χ3v) is 2.86. The molecule has 2 aromatic rings. The summed E-state index contributed by atoms with van der Waals surface area (Å²) in [5.74, 6) is 0. The van der Waals surface area contributed by atoms with Crippen LogP contribution in [-0.4, -0.2) is 25.3 Å². The molecule has 2 heteroatoms. The van der Waals surface area contributed by atoms with E-state index in [9.17, 15) is 0 Å². The number of fused-ring (bicyclic) bond motifs is 1. The molecule has 0 aliphatic heterocycles. The van der Waals surface area contributed by atoms with Crippen molar-refractivity contribution in [1.82, 2.24) is 0 Å². The third-order valence-electron chi connectivity index (χ3n) is 2.86.